The van der Waals surface area contributed by atoms with Crippen LogP contribution in [-0.4, -0.2) is 59.7 Å². The Kier molecular flexibility index (Phi) is 4.43. The molecule has 6 heteroatoms. The molecule has 3 rings (SSSR count). The first-order valence-corrected chi connectivity index (χ1v) is 8.09. The van der Waals surface area contributed by atoms with Crippen LogP contribution in [0.3, 0.4) is 0 Å². The summed E-state index contributed by atoms with van der Waals surface area (Å²) < 4.78 is 0. The lowest BCUT2D eigenvalue weighted by molar-refractivity contribution is -0.133. The van der Waals surface area contributed by atoms with E-state index in [9.17, 15) is 14.4 Å². The van der Waals surface area contributed by atoms with E-state index in [0.29, 0.717) is 17.7 Å². The molecule has 6 nitrogen and oxygen atoms in total. The number of carbonyl (C=O) groups is 3. The van der Waals surface area contributed by atoms with E-state index in [1.54, 1.807) is 24.3 Å². The smallest absolute Gasteiger partial charge is 0.262 e. The molecule has 0 aliphatic carbocycles. The number of nitrogens with one attached hydrogen (secondary N) is 1. The number of amides is 3. The molecule has 1 unspecified atom stereocenters. The fraction of sp³-hybridized carbons (Fsp3) is 0.471. The van der Waals surface area contributed by atoms with Crippen molar-refractivity contribution in [3.63, 3.8) is 0 Å². The number of imide groups is 1. The standard InChI is InChI=1S/C17H21N3O3/c1-2-9-19(12-7-8-18-10-12)15(21)11-20-16(22)13-5-3-4-6-14(13)17(20)23/h3-6,12,18H,2,7-11H2,1H3. The van der Waals surface area contributed by atoms with Gasteiger partial charge in [0, 0.05) is 19.1 Å². The summed E-state index contributed by atoms with van der Waals surface area (Å²) in [5.74, 6) is -0.907. The van der Waals surface area contributed by atoms with E-state index in [0.717, 1.165) is 30.8 Å². The lowest BCUT2D eigenvalue weighted by atomic mass is 10.1. The summed E-state index contributed by atoms with van der Waals surface area (Å²) in [6, 6.07) is 6.86. The maximum absolute atomic E-state index is 12.7. The zero-order valence-electron chi connectivity index (χ0n) is 13.2. The molecule has 1 saturated heterocycles. The van der Waals surface area contributed by atoms with E-state index < -0.39 is 0 Å². The predicted octanol–water partition coefficient (Wildman–Crippen LogP) is 0.883. The molecule has 0 radical (unpaired) electrons. The van der Waals surface area contributed by atoms with Crippen molar-refractivity contribution in [2.75, 3.05) is 26.2 Å². The van der Waals surface area contributed by atoms with Crippen molar-refractivity contribution < 1.29 is 14.4 Å². The van der Waals surface area contributed by atoms with Crippen molar-refractivity contribution in [2.45, 2.75) is 25.8 Å². The van der Waals surface area contributed by atoms with Gasteiger partial charge in [-0.3, -0.25) is 19.3 Å². The third-order valence-corrected chi connectivity index (χ3v) is 4.43. The van der Waals surface area contributed by atoms with Gasteiger partial charge in [0.2, 0.25) is 5.91 Å². The van der Waals surface area contributed by atoms with E-state index in [2.05, 4.69) is 5.32 Å². The fourth-order valence-electron chi connectivity index (χ4n) is 3.27. The predicted molar refractivity (Wildman–Crippen MR) is 85.1 cm³/mol. The molecular formula is C17H21N3O3. The van der Waals surface area contributed by atoms with Crippen LogP contribution in [0.4, 0.5) is 0 Å². The second-order valence-corrected chi connectivity index (χ2v) is 5.98. The SMILES string of the molecule is CCCN(C(=O)CN1C(=O)c2ccccc2C1=O)C1CCNC1. The third kappa shape index (κ3) is 2.86. The molecule has 0 aromatic heterocycles. The topological polar surface area (TPSA) is 69.7 Å². The number of fused-ring (bicyclic) bond motifs is 1. The molecule has 2 aliphatic heterocycles. The molecule has 0 bridgehead atoms. The molecule has 1 aromatic carbocycles. The van der Waals surface area contributed by atoms with Crippen LogP contribution in [0.1, 0.15) is 40.5 Å². The van der Waals surface area contributed by atoms with Crippen molar-refractivity contribution >= 4 is 17.7 Å². The van der Waals surface area contributed by atoms with Gasteiger partial charge in [-0.05, 0) is 31.5 Å². The zero-order chi connectivity index (χ0) is 16.4. The van der Waals surface area contributed by atoms with Gasteiger partial charge in [0.1, 0.15) is 6.54 Å². The molecule has 23 heavy (non-hydrogen) atoms. The van der Waals surface area contributed by atoms with Gasteiger partial charge in [-0.25, -0.2) is 0 Å². The van der Waals surface area contributed by atoms with E-state index in [4.69, 9.17) is 0 Å². The van der Waals surface area contributed by atoms with Gasteiger partial charge < -0.3 is 10.2 Å². The van der Waals surface area contributed by atoms with Gasteiger partial charge in [0.25, 0.3) is 11.8 Å². The summed E-state index contributed by atoms with van der Waals surface area (Å²) in [5, 5.41) is 3.25. The average Bonchev–Trinajstić information content (AvgIpc) is 3.16. The van der Waals surface area contributed by atoms with Crippen molar-refractivity contribution in [2.24, 2.45) is 0 Å². The van der Waals surface area contributed by atoms with E-state index in [-0.39, 0.29) is 30.3 Å². The number of hydrogen-bond donors (Lipinski definition) is 1. The molecule has 1 aromatic rings. The maximum atomic E-state index is 12.7. The van der Waals surface area contributed by atoms with E-state index in [1.165, 1.54) is 0 Å². The van der Waals surface area contributed by atoms with E-state index >= 15 is 0 Å². The molecule has 122 valence electrons. The van der Waals surface area contributed by atoms with Gasteiger partial charge in [-0.2, -0.15) is 0 Å². The molecule has 1 fully saturated rings. The number of rotatable bonds is 5. The molecule has 1 N–H and O–H groups in total. The highest BCUT2D eigenvalue weighted by Gasteiger charge is 2.38. The van der Waals surface area contributed by atoms with Crippen LogP contribution in [0.15, 0.2) is 24.3 Å². The number of benzene rings is 1. The van der Waals surface area contributed by atoms with Crippen LogP contribution in [0.5, 0.6) is 0 Å². The Morgan fingerprint density at radius 1 is 1.26 bits per heavy atom. The molecule has 3 amide bonds. The Hall–Kier alpha value is -2.21. The van der Waals surface area contributed by atoms with E-state index in [1.807, 2.05) is 11.8 Å². The Bertz CT molecular complexity index is 603. The van der Waals surface area contributed by atoms with Crippen molar-refractivity contribution in [3.05, 3.63) is 35.4 Å². The normalized spacial score (nSPS) is 20.0. The Morgan fingerprint density at radius 3 is 2.43 bits per heavy atom. The highest BCUT2D eigenvalue weighted by atomic mass is 16.2. The van der Waals surface area contributed by atoms with Crippen LogP contribution in [0.25, 0.3) is 0 Å². The van der Waals surface area contributed by atoms with Crippen LogP contribution < -0.4 is 5.32 Å². The third-order valence-electron chi connectivity index (χ3n) is 4.43. The highest BCUT2D eigenvalue weighted by Crippen LogP contribution is 2.22. The molecule has 0 saturated carbocycles. The Morgan fingerprint density at radius 2 is 1.91 bits per heavy atom. The number of hydrogen-bond acceptors (Lipinski definition) is 4. The highest BCUT2D eigenvalue weighted by molar-refractivity contribution is 6.22. The quantitative estimate of drug-likeness (QED) is 0.819. The first kappa shape index (κ1) is 15.7. The maximum Gasteiger partial charge on any atom is 0.262 e. The lowest BCUT2D eigenvalue weighted by Gasteiger charge is -2.29. The van der Waals surface area contributed by atoms with Gasteiger partial charge in [-0.1, -0.05) is 19.1 Å². The van der Waals surface area contributed by atoms with Crippen molar-refractivity contribution in [1.82, 2.24) is 15.1 Å². The molecule has 2 aliphatic rings. The molecule has 1 atom stereocenters. The Balaban J connectivity index is 1.74. The number of nitrogens with zero attached hydrogens (tertiary/aromatic N) is 2. The second-order valence-electron chi connectivity index (χ2n) is 5.98. The van der Waals surface area contributed by atoms with Crippen LogP contribution in [-0.2, 0) is 4.79 Å². The van der Waals surface area contributed by atoms with Crippen LogP contribution in [0.2, 0.25) is 0 Å². The average molecular weight is 315 g/mol. The number of carbonyl (C=O) groups excluding carboxylic acids is 3. The molecule has 2 heterocycles. The summed E-state index contributed by atoms with van der Waals surface area (Å²) in [7, 11) is 0. The lowest BCUT2D eigenvalue weighted by Crippen LogP contribution is -2.48. The minimum atomic E-state index is -0.375. The summed E-state index contributed by atoms with van der Waals surface area (Å²) in [4.78, 5) is 40.3. The van der Waals surface area contributed by atoms with Gasteiger partial charge in [-0.15, -0.1) is 0 Å². The van der Waals surface area contributed by atoms with Crippen molar-refractivity contribution in [1.29, 1.82) is 0 Å². The summed E-state index contributed by atoms with van der Waals surface area (Å²) >= 11 is 0. The minimum Gasteiger partial charge on any atom is -0.337 e. The molecule has 0 spiro atoms. The monoisotopic (exact) mass is 315 g/mol. The van der Waals surface area contributed by atoms with Crippen LogP contribution in [0, 0.1) is 0 Å². The van der Waals surface area contributed by atoms with Gasteiger partial charge >= 0.3 is 0 Å². The summed E-state index contributed by atoms with van der Waals surface area (Å²) in [5.41, 5.74) is 0.768. The van der Waals surface area contributed by atoms with Crippen LogP contribution >= 0.6 is 0 Å². The minimum absolute atomic E-state index is 0.151. The first-order chi connectivity index (χ1) is 11.1. The van der Waals surface area contributed by atoms with Crippen molar-refractivity contribution in [3.8, 4) is 0 Å². The zero-order valence-corrected chi connectivity index (χ0v) is 13.2. The fourth-order valence-corrected chi connectivity index (χ4v) is 3.27. The van der Waals surface area contributed by atoms with Gasteiger partial charge in [0.15, 0.2) is 0 Å². The van der Waals surface area contributed by atoms with Gasteiger partial charge in [0.05, 0.1) is 11.1 Å². The summed E-state index contributed by atoms with van der Waals surface area (Å²) in [6.07, 6.45) is 1.76. The first-order valence-electron chi connectivity index (χ1n) is 8.09. The summed E-state index contributed by atoms with van der Waals surface area (Å²) in [6.45, 7) is 4.15. The second kappa shape index (κ2) is 6.50. The largest absolute Gasteiger partial charge is 0.337 e. The Labute approximate surface area is 135 Å². The molecular weight excluding hydrogens is 294 g/mol.